The van der Waals surface area contributed by atoms with Gasteiger partial charge in [0.1, 0.15) is 12.2 Å². The van der Waals surface area contributed by atoms with Crippen molar-refractivity contribution in [3.05, 3.63) is 0 Å². The minimum Gasteiger partial charge on any atom is -0.462 e. The standard InChI is InChI=1S/C38H72N2O6/c1-11-13-15-17-19-21-25-43-39-31(5)29(3)33(27-37(39,7)8)45-35(41)23-24-36(42)46-34-28-38(9,10)40(32(6)30(34)4)44-26-22-20-18-16-14-12-2/h29-34H,11-28H2,1-10H3. The highest BCUT2D eigenvalue weighted by atomic mass is 16.7. The number of esters is 2. The quantitative estimate of drug-likeness (QED) is 0.0897. The van der Waals surface area contributed by atoms with Gasteiger partial charge in [0.2, 0.25) is 0 Å². The number of hydroxylamine groups is 4. The lowest BCUT2D eigenvalue weighted by atomic mass is 9.80. The summed E-state index contributed by atoms with van der Waals surface area (Å²) in [5, 5.41) is 4.25. The van der Waals surface area contributed by atoms with Crippen LogP contribution < -0.4 is 0 Å². The highest BCUT2D eigenvalue weighted by Crippen LogP contribution is 2.39. The van der Waals surface area contributed by atoms with Crippen LogP contribution in [-0.4, -0.2) is 70.6 Å². The summed E-state index contributed by atoms with van der Waals surface area (Å²) in [6.45, 7) is 23.1. The van der Waals surface area contributed by atoms with Crippen molar-refractivity contribution < 1.29 is 28.7 Å². The molecule has 8 heteroatoms. The molecule has 270 valence electrons. The van der Waals surface area contributed by atoms with Gasteiger partial charge in [-0.3, -0.25) is 19.3 Å². The molecule has 0 aromatic carbocycles. The number of rotatable bonds is 21. The number of carbonyl (C=O) groups is 2. The normalized spacial score (nSPS) is 28.2. The number of carbonyl (C=O) groups excluding carboxylic acids is 2. The van der Waals surface area contributed by atoms with E-state index in [1.54, 1.807) is 0 Å². The lowest BCUT2D eigenvalue weighted by molar-refractivity contribution is -0.277. The van der Waals surface area contributed by atoms with Crippen molar-refractivity contribution in [2.24, 2.45) is 11.8 Å². The van der Waals surface area contributed by atoms with Crippen LogP contribution in [0.2, 0.25) is 0 Å². The van der Waals surface area contributed by atoms with Crippen molar-refractivity contribution >= 4 is 11.9 Å². The Hall–Kier alpha value is -1.22. The third kappa shape index (κ3) is 13.0. The predicted octanol–water partition coefficient (Wildman–Crippen LogP) is 9.19. The Morgan fingerprint density at radius 1 is 0.565 bits per heavy atom. The van der Waals surface area contributed by atoms with E-state index < -0.39 is 0 Å². The number of hydrogen-bond acceptors (Lipinski definition) is 8. The summed E-state index contributed by atoms with van der Waals surface area (Å²) >= 11 is 0. The van der Waals surface area contributed by atoms with E-state index in [-0.39, 0.29) is 72.0 Å². The molecule has 6 unspecified atom stereocenters. The highest BCUT2D eigenvalue weighted by Gasteiger charge is 2.47. The second-order valence-corrected chi connectivity index (χ2v) is 15.6. The van der Waals surface area contributed by atoms with Crippen LogP contribution in [0.4, 0.5) is 0 Å². The van der Waals surface area contributed by atoms with E-state index in [0.29, 0.717) is 12.8 Å². The molecule has 0 radical (unpaired) electrons. The SMILES string of the molecule is CCCCCCCCON1C(C)C(C)C(OC(=O)CCC(=O)OC2CC(C)(C)N(OCCCCCCCC)C(C)C2C)CC1(C)C. The van der Waals surface area contributed by atoms with Crippen LogP contribution >= 0.6 is 0 Å². The Morgan fingerprint density at radius 2 is 0.891 bits per heavy atom. The van der Waals surface area contributed by atoms with Gasteiger partial charge in [-0.1, -0.05) is 91.9 Å². The molecule has 2 rings (SSSR count). The average molecular weight is 653 g/mol. The number of ether oxygens (including phenoxy) is 2. The molecule has 6 atom stereocenters. The number of unbranched alkanes of at least 4 members (excludes halogenated alkanes) is 10. The Bertz CT molecular complexity index is 809. The van der Waals surface area contributed by atoms with Gasteiger partial charge in [0, 0.05) is 47.8 Å². The van der Waals surface area contributed by atoms with E-state index >= 15 is 0 Å². The van der Waals surface area contributed by atoms with Crippen LogP contribution in [0.3, 0.4) is 0 Å². The lowest BCUT2D eigenvalue weighted by Gasteiger charge is -2.51. The van der Waals surface area contributed by atoms with Crippen molar-refractivity contribution in [2.75, 3.05) is 13.2 Å². The van der Waals surface area contributed by atoms with Gasteiger partial charge in [-0.2, -0.15) is 10.1 Å². The molecule has 0 spiro atoms. The average Bonchev–Trinajstić information content (AvgIpc) is 2.99. The van der Waals surface area contributed by atoms with E-state index in [0.717, 1.165) is 26.1 Å². The first-order valence-corrected chi connectivity index (χ1v) is 19.0. The summed E-state index contributed by atoms with van der Waals surface area (Å²) in [5.74, 6) is -0.436. The van der Waals surface area contributed by atoms with Crippen molar-refractivity contribution in [3.8, 4) is 0 Å². The fourth-order valence-corrected chi connectivity index (χ4v) is 7.32. The van der Waals surface area contributed by atoms with Gasteiger partial charge >= 0.3 is 11.9 Å². The summed E-state index contributed by atoms with van der Waals surface area (Å²) in [6, 6.07) is 0.221. The van der Waals surface area contributed by atoms with Crippen LogP contribution in [0.25, 0.3) is 0 Å². The van der Waals surface area contributed by atoms with E-state index in [1.807, 2.05) is 0 Å². The van der Waals surface area contributed by atoms with Crippen LogP contribution in [0.5, 0.6) is 0 Å². The molecule has 2 saturated heterocycles. The largest absolute Gasteiger partial charge is 0.462 e. The molecule has 0 N–H and O–H groups in total. The Morgan fingerprint density at radius 3 is 1.24 bits per heavy atom. The van der Waals surface area contributed by atoms with Crippen LogP contribution in [0.1, 0.15) is 172 Å². The molecule has 2 heterocycles. The van der Waals surface area contributed by atoms with E-state index in [2.05, 4.69) is 79.4 Å². The van der Waals surface area contributed by atoms with E-state index in [4.69, 9.17) is 19.1 Å². The summed E-state index contributed by atoms with van der Waals surface area (Å²) in [4.78, 5) is 38.5. The molecule has 0 amide bonds. The van der Waals surface area contributed by atoms with Gasteiger partial charge in [-0.25, -0.2) is 0 Å². The molecule has 0 aromatic heterocycles. The molecule has 8 nitrogen and oxygen atoms in total. The molecule has 2 fully saturated rings. The lowest BCUT2D eigenvalue weighted by Crippen LogP contribution is -2.60. The summed E-state index contributed by atoms with van der Waals surface area (Å²) in [5.41, 5.74) is -0.518. The highest BCUT2D eigenvalue weighted by molar-refractivity contribution is 5.77. The summed E-state index contributed by atoms with van der Waals surface area (Å²) in [7, 11) is 0. The monoisotopic (exact) mass is 653 g/mol. The van der Waals surface area contributed by atoms with Crippen LogP contribution in [-0.2, 0) is 28.7 Å². The van der Waals surface area contributed by atoms with Gasteiger partial charge in [-0.05, 0) is 54.4 Å². The Balaban J connectivity index is 1.77. The van der Waals surface area contributed by atoms with E-state index in [1.165, 1.54) is 64.2 Å². The zero-order chi connectivity index (χ0) is 34.3. The first-order valence-electron chi connectivity index (χ1n) is 19.0. The molecule has 0 aromatic rings. The van der Waals surface area contributed by atoms with E-state index in [9.17, 15) is 9.59 Å². The second-order valence-electron chi connectivity index (χ2n) is 15.6. The first-order chi connectivity index (χ1) is 21.7. The maximum Gasteiger partial charge on any atom is 0.306 e. The topological polar surface area (TPSA) is 77.5 Å². The molecule has 46 heavy (non-hydrogen) atoms. The van der Waals surface area contributed by atoms with Gasteiger partial charge in [0.05, 0.1) is 26.1 Å². The summed E-state index contributed by atoms with van der Waals surface area (Å²) < 4.78 is 12.0. The Labute approximate surface area is 282 Å². The Kier molecular flexibility index (Phi) is 18.1. The number of hydrogen-bond donors (Lipinski definition) is 0. The molecular weight excluding hydrogens is 580 g/mol. The smallest absolute Gasteiger partial charge is 0.306 e. The van der Waals surface area contributed by atoms with Gasteiger partial charge in [0.25, 0.3) is 0 Å². The van der Waals surface area contributed by atoms with Crippen LogP contribution in [0, 0.1) is 11.8 Å². The van der Waals surface area contributed by atoms with Crippen molar-refractivity contribution in [1.29, 1.82) is 0 Å². The fourth-order valence-electron chi connectivity index (χ4n) is 7.32. The first kappa shape index (κ1) is 41.0. The minimum absolute atomic E-state index is 0.0304. The third-order valence-electron chi connectivity index (χ3n) is 10.6. The van der Waals surface area contributed by atoms with Gasteiger partial charge < -0.3 is 9.47 Å². The molecular formula is C38H72N2O6. The fraction of sp³-hybridized carbons (Fsp3) is 0.947. The number of piperidine rings is 2. The second kappa shape index (κ2) is 20.3. The predicted molar refractivity (Wildman–Crippen MR) is 186 cm³/mol. The van der Waals surface area contributed by atoms with Gasteiger partial charge in [-0.15, -0.1) is 0 Å². The zero-order valence-electron chi connectivity index (χ0n) is 31.5. The third-order valence-corrected chi connectivity index (χ3v) is 10.6. The molecule has 2 aliphatic rings. The zero-order valence-corrected chi connectivity index (χ0v) is 31.5. The maximum absolute atomic E-state index is 12.9. The van der Waals surface area contributed by atoms with Gasteiger partial charge in [0.15, 0.2) is 0 Å². The molecule has 2 aliphatic heterocycles. The maximum atomic E-state index is 12.9. The summed E-state index contributed by atoms with van der Waals surface area (Å²) in [6.07, 6.45) is 15.8. The van der Waals surface area contributed by atoms with Crippen molar-refractivity contribution in [1.82, 2.24) is 10.1 Å². The molecule has 0 bridgehead atoms. The minimum atomic E-state index is -0.335. The molecule has 0 saturated carbocycles. The van der Waals surface area contributed by atoms with Crippen LogP contribution in [0.15, 0.2) is 0 Å². The van der Waals surface area contributed by atoms with Crippen molar-refractivity contribution in [2.45, 2.75) is 207 Å². The number of nitrogens with zero attached hydrogens (tertiary/aromatic N) is 2. The van der Waals surface area contributed by atoms with Crippen molar-refractivity contribution in [3.63, 3.8) is 0 Å². The molecule has 0 aliphatic carbocycles.